The van der Waals surface area contributed by atoms with Gasteiger partial charge >= 0.3 is 0 Å². The molecule has 0 bridgehead atoms. The number of nitrogens with zero attached hydrogens (tertiary/aromatic N) is 2. The van der Waals surface area contributed by atoms with Crippen LogP contribution in [0.25, 0.3) is 10.9 Å². The van der Waals surface area contributed by atoms with E-state index in [2.05, 4.69) is 68.3 Å². The van der Waals surface area contributed by atoms with E-state index in [1.165, 1.54) is 0 Å². The van der Waals surface area contributed by atoms with Crippen molar-refractivity contribution in [1.82, 2.24) is 15.2 Å². The number of hydrogen-bond acceptors (Lipinski definition) is 3. The van der Waals surface area contributed by atoms with E-state index in [1.54, 1.807) is 12.3 Å². The molecule has 3 rings (SSSR count). The lowest BCUT2D eigenvalue weighted by Gasteiger charge is -2.08. The van der Waals surface area contributed by atoms with Crippen LogP contribution in [0.15, 0.2) is 44.0 Å². The number of aromatic amines is 1. The van der Waals surface area contributed by atoms with E-state index in [0.29, 0.717) is 20.3 Å². The number of amides is 1. The van der Waals surface area contributed by atoms with Crippen LogP contribution in [0.1, 0.15) is 10.5 Å². The molecular weight excluding hydrogens is 468 g/mol. The number of carbonyl (C=O) groups is 1. The molecule has 2 aromatic heterocycles. The Morgan fingerprint density at radius 1 is 1.19 bits per heavy atom. The molecule has 106 valence electrons. The number of nitrogens with one attached hydrogen (secondary N) is 2. The Bertz CT molecular complexity index is 847. The molecule has 0 atom stereocenters. The van der Waals surface area contributed by atoms with Crippen LogP contribution >= 0.6 is 47.8 Å². The van der Waals surface area contributed by atoms with Crippen molar-refractivity contribution in [3.63, 3.8) is 0 Å². The van der Waals surface area contributed by atoms with Crippen molar-refractivity contribution < 1.29 is 4.79 Å². The SMILES string of the molecule is O=C(Nc1ccc(Br)c2cccnc12)c1n[nH]c(Br)c1Br. The van der Waals surface area contributed by atoms with Gasteiger partial charge in [0.1, 0.15) is 4.60 Å². The summed E-state index contributed by atoms with van der Waals surface area (Å²) in [6.07, 6.45) is 1.69. The summed E-state index contributed by atoms with van der Waals surface area (Å²) in [4.78, 5) is 16.6. The van der Waals surface area contributed by atoms with Crippen molar-refractivity contribution in [1.29, 1.82) is 0 Å². The van der Waals surface area contributed by atoms with Gasteiger partial charge in [0.25, 0.3) is 5.91 Å². The molecule has 0 saturated heterocycles. The number of rotatable bonds is 2. The summed E-state index contributed by atoms with van der Waals surface area (Å²) in [6, 6.07) is 7.45. The second-order valence-corrected chi connectivity index (χ2v) is 6.59. The van der Waals surface area contributed by atoms with Gasteiger partial charge in [0.2, 0.25) is 0 Å². The van der Waals surface area contributed by atoms with Crippen LogP contribution in [0.4, 0.5) is 5.69 Å². The largest absolute Gasteiger partial charge is 0.319 e. The molecular formula is C13H7Br3N4O. The number of hydrogen-bond donors (Lipinski definition) is 2. The lowest BCUT2D eigenvalue weighted by molar-refractivity contribution is 0.102. The molecule has 0 radical (unpaired) electrons. The molecule has 5 nitrogen and oxygen atoms in total. The van der Waals surface area contributed by atoms with Crippen molar-refractivity contribution in [3.8, 4) is 0 Å². The van der Waals surface area contributed by atoms with Crippen LogP contribution in [0, 0.1) is 0 Å². The summed E-state index contributed by atoms with van der Waals surface area (Å²) in [7, 11) is 0. The maximum atomic E-state index is 12.3. The number of anilines is 1. The van der Waals surface area contributed by atoms with E-state index in [1.807, 2.05) is 18.2 Å². The second-order valence-electron chi connectivity index (χ2n) is 4.15. The Hall–Kier alpha value is -1.25. The average molecular weight is 475 g/mol. The van der Waals surface area contributed by atoms with Crippen molar-refractivity contribution >= 4 is 70.3 Å². The standard InChI is InChI=1S/C13H7Br3N4O/c14-7-3-4-8(10-6(7)2-1-5-17-10)18-13(21)11-9(15)12(16)20-19-11/h1-5H,(H,18,21)(H,19,20). The number of pyridine rings is 1. The maximum absolute atomic E-state index is 12.3. The van der Waals surface area contributed by atoms with Crippen molar-refractivity contribution in [2.45, 2.75) is 0 Å². The highest BCUT2D eigenvalue weighted by atomic mass is 79.9. The monoisotopic (exact) mass is 472 g/mol. The normalized spacial score (nSPS) is 10.8. The topological polar surface area (TPSA) is 70.7 Å². The van der Waals surface area contributed by atoms with E-state index >= 15 is 0 Å². The van der Waals surface area contributed by atoms with Gasteiger partial charge in [0.05, 0.1) is 15.7 Å². The van der Waals surface area contributed by atoms with E-state index in [0.717, 1.165) is 9.86 Å². The minimum Gasteiger partial charge on any atom is -0.319 e. The molecule has 0 aliphatic heterocycles. The van der Waals surface area contributed by atoms with Gasteiger partial charge in [0, 0.05) is 16.1 Å². The predicted molar refractivity (Wildman–Crippen MR) is 91.4 cm³/mol. The predicted octanol–water partition coefficient (Wildman–Crippen LogP) is 4.50. The first-order valence-corrected chi connectivity index (χ1v) is 8.20. The van der Waals surface area contributed by atoms with Crippen LogP contribution in [0.2, 0.25) is 0 Å². The zero-order valence-corrected chi connectivity index (χ0v) is 15.1. The molecule has 0 unspecified atom stereocenters. The first-order valence-electron chi connectivity index (χ1n) is 5.82. The zero-order chi connectivity index (χ0) is 15.0. The number of aromatic nitrogens is 3. The molecule has 2 heterocycles. The Morgan fingerprint density at radius 3 is 2.71 bits per heavy atom. The van der Waals surface area contributed by atoms with Crippen LogP contribution in [-0.2, 0) is 0 Å². The zero-order valence-electron chi connectivity index (χ0n) is 10.3. The molecule has 2 N–H and O–H groups in total. The summed E-state index contributed by atoms with van der Waals surface area (Å²) in [5.41, 5.74) is 1.62. The molecule has 0 spiro atoms. The highest BCUT2D eigenvalue weighted by molar-refractivity contribution is 9.13. The Morgan fingerprint density at radius 2 is 2.00 bits per heavy atom. The summed E-state index contributed by atoms with van der Waals surface area (Å²) in [5, 5.41) is 10.4. The third-order valence-corrected chi connectivity index (χ3v) is 5.42. The van der Waals surface area contributed by atoms with Crippen molar-refractivity contribution in [2.24, 2.45) is 0 Å². The van der Waals surface area contributed by atoms with Crippen molar-refractivity contribution in [2.75, 3.05) is 5.32 Å². The molecule has 1 aromatic carbocycles. The lowest BCUT2D eigenvalue weighted by atomic mass is 10.2. The first kappa shape index (κ1) is 14.7. The molecule has 0 aliphatic carbocycles. The first-order chi connectivity index (χ1) is 10.1. The number of H-pyrrole nitrogens is 1. The summed E-state index contributed by atoms with van der Waals surface area (Å²) in [5.74, 6) is -0.321. The molecule has 3 aromatic rings. The smallest absolute Gasteiger partial charge is 0.277 e. The highest BCUT2D eigenvalue weighted by Crippen LogP contribution is 2.29. The van der Waals surface area contributed by atoms with E-state index in [4.69, 9.17) is 0 Å². The maximum Gasteiger partial charge on any atom is 0.277 e. The van der Waals surface area contributed by atoms with Crippen LogP contribution in [0.3, 0.4) is 0 Å². The molecule has 0 fully saturated rings. The number of benzene rings is 1. The quantitative estimate of drug-likeness (QED) is 0.574. The van der Waals surface area contributed by atoms with Gasteiger partial charge in [0.15, 0.2) is 5.69 Å². The van der Waals surface area contributed by atoms with Gasteiger partial charge in [-0.2, -0.15) is 5.10 Å². The number of fused-ring (bicyclic) bond motifs is 1. The van der Waals surface area contributed by atoms with Gasteiger partial charge in [-0.25, -0.2) is 0 Å². The fourth-order valence-electron chi connectivity index (χ4n) is 1.88. The van der Waals surface area contributed by atoms with Crippen molar-refractivity contribution in [3.05, 3.63) is 49.7 Å². The molecule has 0 aliphatic rings. The Labute approximate surface area is 144 Å². The third-order valence-electron chi connectivity index (χ3n) is 2.85. The molecule has 0 saturated carbocycles. The summed E-state index contributed by atoms with van der Waals surface area (Å²) >= 11 is 10.0. The molecule has 1 amide bonds. The van der Waals surface area contributed by atoms with Gasteiger partial charge < -0.3 is 5.32 Å². The lowest BCUT2D eigenvalue weighted by Crippen LogP contribution is -2.13. The van der Waals surface area contributed by atoms with Gasteiger partial charge in [-0.05, 0) is 50.1 Å². The second kappa shape index (κ2) is 5.86. The van der Waals surface area contributed by atoms with Gasteiger partial charge in [-0.1, -0.05) is 22.0 Å². The van der Waals surface area contributed by atoms with Crippen LogP contribution in [-0.4, -0.2) is 21.1 Å². The van der Waals surface area contributed by atoms with Gasteiger partial charge in [-0.3, -0.25) is 14.9 Å². The van der Waals surface area contributed by atoms with Crippen LogP contribution < -0.4 is 5.32 Å². The van der Waals surface area contributed by atoms with E-state index in [-0.39, 0.29) is 11.6 Å². The third kappa shape index (κ3) is 2.75. The fourth-order valence-corrected chi connectivity index (χ4v) is 2.96. The Balaban J connectivity index is 2.01. The number of halogens is 3. The molecule has 8 heteroatoms. The highest BCUT2D eigenvalue weighted by Gasteiger charge is 2.18. The summed E-state index contributed by atoms with van der Waals surface area (Å²) < 4.78 is 2.12. The Kier molecular flexibility index (Phi) is 4.10. The summed E-state index contributed by atoms with van der Waals surface area (Å²) in [6.45, 7) is 0. The minimum atomic E-state index is -0.321. The minimum absolute atomic E-state index is 0.272. The number of carbonyl (C=O) groups excluding carboxylic acids is 1. The fraction of sp³-hybridized carbons (Fsp3) is 0. The van der Waals surface area contributed by atoms with E-state index < -0.39 is 0 Å². The van der Waals surface area contributed by atoms with E-state index in [9.17, 15) is 4.79 Å². The van der Waals surface area contributed by atoms with Crippen LogP contribution in [0.5, 0.6) is 0 Å². The van der Waals surface area contributed by atoms with Gasteiger partial charge in [-0.15, -0.1) is 0 Å². The molecule has 21 heavy (non-hydrogen) atoms. The average Bonchev–Trinajstić information content (AvgIpc) is 2.82.